The smallest absolute Gasteiger partial charge is 0.315 e. The van der Waals surface area contributed by atoms with Crippen LogP contribution >= 0.6 is 0 Å². The Labute approximate surface area is 109 Å². The van der Waals surface area contributed by atoms with Crippen LogP contribution in [0.25, 0.3) is 0 Å². The lowest BCUT2D eigenvalue weighted by Crippen LogP contribution is -2.59. The molecule has 0 aromatic heterocycles. The van der Waals surface area contributed by atoms with Gasteiger partial charge in [0, 0.05) is 6.04 Å². The standard InChI is InChI=1S/C13H26N4O/c1-3-13(4-2,11(14)15)17-12(18)16-10-8-6-5-7-9-10/h10H,3-9H2,1-2H3,(H3,14,15)(H2,16,17,18). The van der Waals surface area contributed by atoms with E-state index in [-0.39, 0.29) is 17.9 Å². The van der Waals surface area contributed by atoms with Gasteiger partial charge in [0.15, 0.2) is 0 Å². The number of urea groups is 1. The maximum atomic E-state index is 12.0. The van der Waals surface area contributed by atoms with Crippen molar-refractivity contribution in [1.82, 2.24) is 10.6 Å². The van der Waals surface area contributed by atoms with Crippen molar-refractivity contribution in [3.63, 3.8) is 0 Å². The molecule has 1 rings (SSSR count). The molecule has 0 heterocycles. The van der Waals surface area contributed by atoms with Gasteiger partial charge >= 0.3 is 6.03 Å². The van der Waals surface area contributed by atoms with Gasteiger partial charge in [-0.3, -0.25) is 5.41 Å². The maximum absolute atomic E-state index is 12.0. The summed E-state index contributed by atoms with van der Waals surface area (Å²) in [4.78, 5) is 12.0. The van der Waals surface area contributed by atoms with Gasteiger partial charge in [-0.2, -0.15) is 0 Å². The van der Waals surface area contributed by atoms with Crippen LogP contribution in [-0.4, -0.2) is 23.4 Å². The lowest BCUT2D eigenvalue weighted by molar-refractivity contribution is 0.223. The summed E-state index contributed by atoms with van der Waals surface area (Å²) in [5, 5.41) is 13.5. The third kappa shape index (κ3) is 3.62. The fourth-order valence-corrected chi connectivity index (χ4v) is 2.56. The van der Waals surface area contributed by atoms with Gasteiger partial charge in [-0.25, -0.2) is 4.79 Å². The second kappa shape index (κ2) is 6.61. The molecule has 0 atom stereocenters. The van der Waals surface area contributed by atoms with Crippen LogP contribution in [0, 0.1) is 5.41 Å². The molecule has 0 aliphatic heterocycles. The maximum Gasteiger partial charge on any atom is 0.315 e. The number of carbonyl (C=O) groups excluding carboxylic acids is 1. The second-order valence-corrected chi connectivity index (χ2v) is 5.14. The van der Waals surface area contributed by atoms with Crippen LogP contribution in [0.3, 0.4) is 0 Å². The molecule has 2 amide bonds. The number of hydrogen-bond acceptors (Lipinski definition) is 2. The SMILES string of the molecule is CCC(CC)(NC(=O)NC1CCCCC1)C(=N)N. The minimum absolute atomic E-state index is 0.0336. The van der Waals surface area contributed by atoms with E-state index in [4.69, 9.17) is 11.1 Å². The topological polar surface area (TPSA) is 91.0 Å². The Morgan fingerprint density at radius 2 is 1.83 bits per heavy atom. The van der Waals surface area contributed by atoms with Crippen molar-refractivity contribution >= 4 is 11.9 Å². The fraction of sp³-hybridized carbons (Fsp3) is 0.846. The van der Waals surface area contributed by atoms with Crippen molar-refractivity contribution in [2.45, 2.75) is 70.4 Å². The molecule has 1 fully saturated rings. The Balaban J connectivity index is 2.53. The number of amides is 2. The van der Waals surface area contributed by atoms with Gasteiger partial charge in [-0.15, -0.1) is 0 Å². The molecule has 0 saturated heterocycles. The van der Waals surface area contributed by atoms with Crippen LogP contribution in [0.15, 0.2) is 0 Å². The zero-order chi connectivity index (χ0) is 13.6. The van der Waals surface area contributed by atoms with E-state index in [9.17, 15) is 4.79 Å². The molecule has 5 N–H and O–H groups in total. The van der Waals surface area contributed by atoms with Crippen LogP contribution < -0.4 is 16.4 Å². The van der Waals surface area contributed by atoms with Crippen molar-refractivity contribution in [3.05, 3.63) is 0 Å². The van der Waals surface area contributed by atoms with Crippen LogP contribution in [0.5, 0.6) is 0 Å². The number of rotatable bonds is 5. The highest BCUT2D eigenvalue weighted by atomic mass is 16.2. The van der Waals surface area contributed by atoms with Crippen LogP contribution in [0.2, 0.25) is 0 Å². The van der Waals surface area contributed by atoms with Gasteiger partial charge < -0.3 is 16.4 Å². The van der Waals surface area contributed by atoms with Crippen molar-refractivity contribution in [3.8, 4) is 0 Å². The minimum atomic E-state index is -0.696. The Bertz CT molecular complexity index is 293. The normalized spacial score (nSPS) is 17.2. The predicted molar refractivity (Wildman–Crippen MR) is 73.8 cm³/mol. The van der Waals surface area contributed by atoms with E-state index in [0.717, 1.165) is 12.8 Å². The summed E-state index contributed by atoms with van der Waals surface area (Å²) in [5.41, 5.74) is 4.92. The molecule has 0 aromatic carbocycles. The number of amidine groups is 1. The molecule has 1 saturated carbocycles. The van der Waals surface area contributed by atoms with Crippen LogP contribution in [0.1, 0.15) is 58.8 Å². The minimum Gasteiger partial charge on any atom is -0.386 e. The molecule has 0 spiro atoms. The van der Waals surface area contributed by atoms with E-state index in [2.05, 4.69) is 10.6 Å². The first-order valence-corrected chi connectivity index (χ1v) is 6.97. The Morgan fingerprint density at radius 1 is 1.28 bits per heavy atom. The quantitative estimate of drug-likeness (QED) is 0.447. The Hall–Kier alpha value is -1.26. The summed E-state index contributed by atoms with van der Waals surface area (Å²) < 4.78 is 0. The first kappa shape index (κ1) is 14.8. The zero-order valence-corrected chi connectivity index (χ0v) is 11.5. The van der Waals surface area contributed by atoms with Crippen molar-refractivity contribution in [2.75, 3.05) is 0 Å². The first-order chi connectivity index (χ1) is 8.54. The highest BCUT2D eigenvalue weighted by Crippen LogP contribution is 2.18. The molecule has 5 heteroatoms. The third-order valence-corrected chi connectivity index (χ3v) is 4.02. The average Bonchev–Trinajstić information content (AvgIpc) is 2.37. The van der Waals surface area contributed by atoms with E-state index < -0.39 is 5.54 Å². The van der Waals surface area contributed by atoms with Crippen molar-refractivity contribution in [2.24, 2.45) is 5.73 Å². The molecule has 0 aromatic rings. The van der Waals surface area contributed by atoms with Crippen molar-refractivity contribution < 1.29 is 4.79 Å². The van der Waals surface area contributed by atoms with E-state index in [0.29, 0.717) is 12.8 Å². The molecule has 18 heavy (non-hydrogen) atoms. The highest BCUT2D eigenvalue weighted by molar-refractivity contribution is 5.91. The molecule has 0 unspecified atom stereocenters. The molecule has 0 bridgehead atoms. The summed E-state index contributed by atoms with van der Waals surface area (Å²) >= 11 is 0. The Morgan fingerprint density at radius 3 is 2.28 bits per heavy atom. The predicted octanol–water partition coefficient (Wildman–Crippen LogP) is 2.11. The third-order valence-electron chi connectivity index (χ3n) is 4.02. The van der Waals surface area contributed by atoms with Gasteiger partial charge in [0.2, 0.25) is 0 Å². The first-order valence-electron chi connectivity index (χ1n) is 6.97. The van der Waals surface area contributed by atoms with Gasteiger partial charge in [0.25, 0.3) is 0 Å². The lowest BCUT2D eigenvalue weighted by atomic mass is 9.91. The summed E-state index contributed by atoms with van der Waals surface area (Å²) in [6.07, 6.45) is 7.02. The average molecular weight is 254 g/mol. The number of nitrogens with one attached hydrogen (secondary N) is 3. The van der Waals surface area contributed by atoms with Gasteiger partial charge in [-0.05, 0) is 25.7 Å². The largest absolute Gasteiger partial charge is 0.386 e. The number of nitrogens with two attached hydrogens (primary N) is 1. The molecular weight excluding hydrogens is 228 g/mol. The molecule has 1 aliphatic carbocycles. The zero-order valence-electron chi connectivity index (χ0n) is 11.5. The van der Waals surface area contributed by atoms with Crippen molar-refractivity contribution in [1.29, 1.82) is 5.41 Å². The highest BCUT2D eigenvalue weighted by Gasteiger charge is 2.32. The second-order valence-electron chi connectivity index (χ2n) is 5.14. The summed E-state index contributed by atoms with van der Waals surface area (Å²) in [6, 6.07) is 0.0814. The van der Waals surface area contributed by atoms with E-state index in [1.165, 1.54) is 19.3 Å². The monoisotopic (exact) mass is 254 g/mol. The molecular formula is C13H26N4O. The molecule has 5 nitrogen and oxygen atoms in total. The fourth-order valence-electron chi connectivity index (χ4n) is 2.56. The molecule has 1 aliphatic rings. The Kier molecular flexibility index (Phi) is 5.44. The summed E-state index contributed by atoms with van der Waals surface area (Å²) in [5.74, 6) is 0.0336. The van der Waals surface area contributed by atoms with Crippen LogP contribution in [-0.2, 0) is 0 Å². The van der Waals surface area contributed by atoms with Gasteiger partial charge in [0.1, 0.15) is 5.84 Å². The van der Waals surface area contributed by atoms with Gasteiger partial charge in [-0.1, -0.05) is 33.1 Å². The lowest BCUT2D eigenvalue weighted by Gasteiger charge is -2.33. The van der Waals surface area contributed by atoms with E-state index in [1.54, 1.807) is 0 Å². The van der Waals surface area contributed by atoms with E-state index in [1.807, 2.05) is 13.8 Å². The summed E-state index contributed by atoms with van der Waals surface area (Å²) in [7, 11) is 0. The summed E-state index contributed by atoms with van der Waals surface area (Å²) in [6.45, 7) is 3.87. The van der Waals surface area contributed by atoms with Crippen LogP contribution in [0.4, 0.5) is 4.79 Å². The van der Waals surface area contributed by atoms with E-state index >= 15 is 0 Å². The molecule has 104 valence electrons. The number of carbonyl (C=O) groups is 1. The molecule has 0 radical (unpaired) electrons. The number of hydrogen-bond donors (Lipinski definition) is 4. The van der Waals surface area contributed by atoms with Gasteiger partial charge in [0.05, 0.1) is 5.54 Å².